The molecule has 2 aromatic rings. The third-order valence-electron chi connectivity index (χ3n) is 2.46. The number of H-pyrrole nitrogens is 1. The van der Waals surface area contributed by atoms with E-state index < -0.39 is 5.91 Å². The number of hydrogen-bond acceptors (Lipinski definition) is 5. The molecular formula is C11H10ClN5O3. The van der Waals surface area contributed by atoms with Crippen molar-refractivity contribution in [3.8, 4) is 5.75 Å². The highest BCUT2D eigenvalue weighted by Gasteiger charge is 2.16. The number of benzene rings is 1. The minimum Gasteiger partial charge on any atom is -0.508 e. The first-order valence-corrected chi connectivity index (χ1v) is 5.72. The number of carbonyl (C=O) groups excluding carboxylic acids is 1. The smallest absolute Gasteiger partial charge is 0.258 e. The summed E-state index contributed by atoms with van der Waals surface area (Å²) in [5, 5.41) is 29.6. The van der Waals surface area contributed by atoms with E-state index in [1.807, 2.05) is 0 Å². The van der Waals surface area contributed by atoms with Gasteiger partial charge in [-0.1, -0.05) is 16.8 Å². The Morgan fingerprint density at radius 2 is 2.20 bits per heavy atom. The number of hydrogen-bond donors (Lipinski definition) is 5. The zero-order chi connectivity index (χ0) is 14.7. The summed E-state index contributed by atoms with van der Waals surface area (Å²) in [4.78, 5) is 12.1. The number of nitrogens with one attached hydrogen (secondary N) is 2. The van der Waals surface area contributed by atoms with Crippen LogP contribution in [-0.4, -0.2) is 32.3 Å². The second-order valence-corrected chi connectivity index (χ2v) is 4.17. The second kappa shape index (κ2) is 5.49. The first kappa shape index (κ1) is 13.7. The standard InChI is InChI=1S/C11H10ClN5O3/c12-8-2-1-5(18)3-6(8)11(19)15-10-7(4-14-16-10)9(13)17-20/h1-4,18,20H,(H2,13,17)(H2,14,15,16,19). The maximum absolute atomic E-state index is 12.1. The number of aromatic nitrogens is 2. The summed E-state index contributed by atoms with van der Waals surface area (Å²) in [5.41, 5.74) is 5.73. The Hall–Kier alpha value is -2.74. The van der Waals surface area contributed by atoms with Crippen molar-refractivity contribution in [2.75, 3.05) is 5.32 Å². The monoisotopic (exact) mass is 295 g/mol. The molecule has 0 bridgehead atoms. The fraction of sp³-hybridized carbons (Fsp3) is 0. The summed E-state index contributed by atoms with van der Waals surface area (Å²) < 4.78 is 0. The number of nitrogens with zero attached hydrogens (tertiary/aromatic N) is 2. The van der Waals surface area contributed by atoms with E-state index >= 15 is 0 Å². The number of amides is 1. The van der Waals surface area contributed by atoms with E-state index in [-0.39, 0.29) is 33.6 Å². The minimum atomic E-state index is -0.581. The molecule has 1 amide bonds. The molecule has 0 aliphatic heterocycles. The van der Waals surface area contributed by atoms with Gasteiger partial charge in [-0.05, 0) is 18.2 Å². The largest absolute Gasteiger partial charge is 0.508 e. The zero-order valence-corrected chi connectivity index (χ0v) is 10.7. The first-order chi connectivity index (χ1) is 9.52. The molecule has 2 rings (SSSR count). The topological polar surface area (TPSA) is 137 Å². The maximum atomic E-state index is 12.1. The number of halogens is 1. The van der Waals surface area contributed by atoms with Gasteiger partial charge in [-0.2, -0.15) is 5.10 Å². The van der Waals surface area contributed by atoms with Gasteiger partial charge in [0.05, 0.1) is 22.3 Å². The highest BCUT2D eigenvalue weighted by molar-refractivity contribution is 6.34. The number of anilines is 1. The number of oxime groups is 1. The number of amidine groups is 1. The van der Waals surface area contributed by atoms with Crippen molar-refractivity contribution < 1.29 is 15.1 Å². The van der Waals surface area contributed by atoms with Gasteiger partial charge < -0.3 is 21.4 Å². The van der Waals surface area contributed by atoms with Gasteiger partial charge in [0, 0.05) is 0 Å². The quantitative estimate of drug-likeness (QED) is 0.250. The van der Waals surface area contributed by atoms with Gasteiger partial charge in [0.1, 0.15) is 11.6 Å². The molecular weight excluding hydrogens is 286 g/mol. The Morgan fingerprint density at radius 1 is 1.45 bits per heavy atom. The summed E-state index contributed by atoms with van der Waals surface area (Å²) in [6.07, 6.45) is 1.29. The van der Waals surface area contributed by atoms with E-state index in [9.17, 15) is 9.90 Å². The van der Waals surface area contributed by atoms with Gasteiger partial charge in [0.25, 0.3) is 5.91 Å². The van der Waals surface area contributed by atoms with Crippen molar-refractivity contribution >= 4 is 29.2 Å². The Bertz CT molecular complexity index is 682. The summed E-state index contributed by atoms with van der Waals surface area (Å²) >= 11 is 5.87. The van der Waals surface area contributed by atoms with Gasteiger partial charge in [-0.3, -0.25) is 9.89 Å². The molecule has 8 nitrogen and oxygen atoms in total. The fourth-order valence-electron chi connectivity index (χ4n) is 1.50. The van der Waals surface area contributed by atoms with E-state index in [0.29, 0.717) is 0 Å². The molecule has 20 heavy (non-hydrogen) atoms. The molecule has 9 heteroatoms. The highest BCUT2D eigenvalue weighted by atomic mass is 35.5. The van der Waals surface area contributed by atoms with E-state index in [1.165, 1.54) is 24.4 Å². The summed E-state index contributed by atoms with van der Waals surface area (Å²) in [7, 11) is 0. The van der Waals surface area contributed by atoms with E-state index in [2.05, 4.69) is 20.7 Å². The molecule has 0 saturated heterocycles. The van der Waals surface area contributed by atoms with E-state index in [0.717, 1.165) is 0 Å². The van der Waals surface area contributed by atoms with Crippen LogP contribution in [0.1, 0.15) is 15.9 Å². The third-order valence-corrected chi connectivity index (χ3v) is 2.79. The molecule has 6 N–H and O–H groups in total. The van der Waals surface area contributed by atoms with Crippen LogP contribution in [0.25, 0.3) is 0 Å². The van der Waals surface area contributed by atoms with Gasteiger partial charge in [0.15, 0.2) is 5.84 Å². The van der Waals surface area contributed by atoms with Crippen molar-refractivity contribution in [1.82, 2.24) is 10.2 Å². The number of phenolic OH excluding ortho intramolecular Hbond substituents is 1. The van der Waals surface area contributed by atoms with E-state index in [1.54, 1.807) is 0 Å². The van der Waals surface area contributed by atoms with Crippen molar-refractivity contribution in [3.63, 3.8) is 0 Å². The number of phenols is 1. The molecule has 0 aliphatic rings. The number of nitrogens with two attached hydrogens (primary N) is 1. The Balaban J connectivity index is 2.29. The third kappa shape index (κ3) is 2.64. The van der Waals surface area contributed by atoms with E-state index in [4.69, 9.17) is 22.5 Å². The van der Waals surface area contributed by atoms with Crippen LogP contribution in [0.4, 0.5) is 5.82 Å². The predicted octanol–water partition coefficient (Wildman–Crippen LogP) is 1.12. The molecule has 1 aromatic heterocycles. The second-order valence-electron chi connectivity index (χ2n) is 3.76. The van der Waals surface area contributed by atoms with Crippen molar-refractivity contribution in [3.05, 3.63) is 40.5 Å². The molecule has 1 aromatic carbocycles. The molecule has 0 fully saturated rings. The number of rotatable bonds is 3. The van der Waals surface area contributed by atoms with Gasteiger partial charge in [-0.15, -0.1) is 0 Å². The maximum Gasteiger partial charge on any atom is 0.258 e. The first-order valence-electron chi connectivity index (χ1n) is 5.34. The lowest BCUT2D eigenvalue weighted by Crippen LogP contribution is -2.18. The number of aromatic amines is 1. The summed E-state index contributed by atoms with van der Waals surface area (Å²) in [6.45, 7) is 0. The van der Waals surface area contributed by atoms with Crippen LogP contribution in [0.5, 0.6) is 5.75 Å². The van der Waals surface area contributed by atoms with Crippen LogP contribution in [0, 0.1) is 0 Å². The Labute approximate surface area is 117 Å². The number of carbonyl (C=O) groups is 1. The van der Waals surface area contributed by atoms with Crippen LogP contribution in [0.3, 0.4) is 0 Å². The van der Waals surface area contributed by atoms with Crippen LogP contribution < -0.4 is 11.1 Å². The van der Waals surface area contributed by atoms with Crippen LogP contribution >= 0.6 is 11.6 Å². The van der Waals surface area contributed by atoms with Gasteiger partial charge in [-0.25, -0.2) is 0 Å². The lowest BCUT2D eigenvalue weighted by Gasteiger charge is -2.07. The number of aromatic hydroxyl groups is 1. The Kier molecular flexibility index (Phi) is 3.76. The van der Waals surface area contributed by atoms with Crippen LogP contribution in [0.15, 0.2) is 29.6 Å². The Morgan fingerprint density at radius 3 is 2.90 bits per heavy atom. The SMILES string of the molecule is N/C(=N/O)c1cn[nH]c1NC(=O)c1cc(O)ccc1Cl. The van der Waals surface area contributed by atoms with Crippen molar-refractivity contribution in [2.45, 2.75) is 0 Å². The van der Waals surface area contributed by atoms with Gasteiger partial charge in [0.2, 0.25) is 0 Å². The molecule has 1 heterocycles. The average Bonchev–Trinajstić information content (AvgIpc) is 2.88. The van der Waals surface area contributed by atoms with Crippen LogP contribution in [0.2, 0.25) is 5.02 Å². The minimum absolute atomic E-state index is 0.0757. The molecule has 0 saturated carbocycles. The zero-order valence-electron chi connectivity index (χ0n) is 9.96. The van der Waals surface area contributed by atoms with Crippen molar-refractivity contribution in [1.29, 1.82) is 0 Å². The predicted molar refractivity (Wildman–Crippen MR) is 72.2 cm³/mol. The molecule has 0 radical (unpaired) electrons. The molecule has 0 unspecified atom stereocenters. The molecule has 0 aliphatic carbocycles. The molecule has 0 atom stereocenters. The molecule has 104 valence electrons. The van der Waals surface area contributed by atoms with Crippen molar-refractivity contribution in [2.24, 2.45) is 10.9 Å². The molecule has 0 spiro atoms. The van der Waals surface area contributed by atoms with Crippen LogP contribution in [-0.2, 0) is 0 Å². The summed E-state index contributed by atoms with van der Waals surface area (Å²) in [6, 6.07) is 3.97. The normalized spacial score (nSPS) is 11.3. The highest BCUT2D eigenvalue weighted by Crippen LogP contribution is 2.22. The lowest BCUT2D eigenvalue weighted by molar-refractivity contribution is 0.102. The van der Waals surface area contributed by atoms with Gasteiger partial charge >= 0.3 is 0 Å². The lowest BCUT2D eigenvalue weighted by atomic mass is 10.2. The average molecular weight is 296 g/mol. The summed E-state index contributed by atoms with van der Waals surface area (Å²) in [5.74, 6) is -0.747. The fourth-order valence-corrected chi connectivity index (χ4v) is 1.70.